The summed E-state index contributed by atoms with van der Waals surface area (Å²) in [5.74, 6) is 2.42. The zero-order valence-corrected chi connectivity index (χ0v) is 11.0. The van der Waals surface area contributed by atoms with E-state index in [4.69, 9.17) is 14.2 Å². The molecule has 0 amide bonds. The van der Waals surface area contributed by atoms with Gasteiger partial charge in [0.05, 0.1) is 18.7 Å². The van der Waals surface area contributed by atoms with Gasteiger partial charge in [-0.05, 0) is 30.2 Å². The van der Waals surface area contributed by atoms with Crippen molar-refractivity contribution in [2.45, 2.75) is 19.8 Å². The van der Waals surface area contributed by atoms with Gasteiger partial charge in [-0.3, -0.25) is 4.99 Å². The fourth-order valence-corrected chi connectivity index (χ4v) is 2.21. The number of benzene rings is 1. The maximum atomic E-state index is 5.88. The van der Waals surface area contributed by atoms with Crippen molar-refractivity contribution in [1.82, 2.24) is 0 Å². The van der Waals surface area contributed by atoms with Crippen molar-refractivity contribution in [3.8, 4) is 17.2 Å². The van der Waals surface area contributed by atoms with Crippen molar-refractivity contribution in [3.05, 3.63) is 23.8 Å². The first-order chi connectivity index (χ1) is 9.40. The molecule has 1 aromatic rings. The summed E-state index contributed by atoms with van der Waals surface area (Å²) in [5.41, 5.74) is 2.11. The Labute approximate surface area is 112 Å². The Morgan fingerprint density at radius 3 is 3.05 bits per heavy atom. The zero-order valence-electron chi connectivity index (χ0n) is 11.0. The Hall–Kier alpha value is -1.97. The Balaban J connectivity index is 1.94. The molecule has 2 aliphatic heterocycles. The second kappa shape index (κ2) is 5.34. The minimum atomic E-state index is 0.273. The van der Waals surface area contributed by atoms with E-state index in [0.29, 0.717) is 6.54 Å². The minimum absolute atomic E-state index is 0.273. The van der Waals surface area contributed by atoms with Crippen LogP contribution in [0.15, 0.2) is 23.2 Å². The highest BCUT2D eigenvalue weighted by Crippen LogP contribution is 2.44. The molecule has 4 nitrogen and oxygen atoms in total. The highest BCUT2D eigenvalue weighted by molar-refractivity contribution is 5.93. The highest BCUT2D eigenvalue weighted by atomic mass is 16.7. The highest BCUT2D eigenvalue weighted by Gasteiger charge is 2.24. The van der Waals surface area contributed by atoms with Crippen LogP contribution in [0.3, 0.4) is 0 Å². The lowest BCUT2D eigenvalue weighted by Gasteiger charge is -2.14. The molecule has 1 aromatic carbocycles. The van der Waals surface area contributed by atoms with Crippen LogP contribution in [0.4, 0.5) is 0 Å². The van der Waals surface area contributed by atoms with Crippen LogP contribution < -0.4 is 14.2 Å². The maximum absolute atomic E-state index is 5.88. The van der Waals surface area contributed by atoms with Gasteiger partial charge < -0.3 is 14.2 Å². The molecule has 0 fully saturated rings. The van der Waals surface area contributed by atoms with Gasteiger partial charge in [-0.1, -0.05) is 13.3 Å². The molecule has 0 saturated heterocycles. The largest absolute Gasteiger partial charge is 0.493 e. The van der Waals surface area contributed by atoms with E-state index in [0.717, 1.165) is 47.8 Å². The predicted octanol–water partition coefficient (Wildman–Crippen LogP) is 3.06. The summed E-state index contributed by atoms with van der Waals surface area (Å²) >= 11 is 0. The number of ether oxygens (including phenoxy) is 3. The minimum Gasteiger partial charge on any atom is -0.493 e. The predicted molar refractivity (Wildman–Crippen MR) is 74.3 cm³/mol. The van der Waals surface area contributed by atoms with E-state index in [9.17, 15) is 0 Å². The van der Waals surface area contributed by atoms with Gasteiger partial charge >= 0.3 is 0 Å². The van der Waals surface area contributed by atoms with E-state index in [1.165, 1.54) is 0 Å². The quantitative estimate of drug-likeness (QED) is 0.763. The molecule has 0 N–H and O–H groups in total. The van der Waals surface area contributed by atoms with Crippen molar-refractivity contribution in [2.24, 2.45) is 4.99 Å². The van der Waals surface area contributed by atoms with Gasteiger partial charge in [0.15, 0.2) is 11.5 Å². The second-order valence-corrected chi connectivity index (χ2v) is 4.56. The van der Waals surface area contributed by atoms with Gasteiger partial charge in [0.2, 0.25) is 6.79 Å². The van der Waals surface area contributed by atoms with Gasteiger partial charge in [-0.25, -0.2) is 0 Å². The fraction of sp³-hybridized carbons (Fsp3) is 0.400. The lowest BCUT2D eigenvalue weighted by Crippen LogP contribution is -2.01. The van der Waals surface area contributed by atoms with Crippen molar-refractivity contribution in [2.75, 3.05) is 19.9 Å². The van der Waals surface area contributed by atoms with Crippen molar-refractivity contribution in [1.29, 1.82) is 0 Å². The van der Waals surface area contributed by atoms with E-state index in [-0.39, 0.29) is 6.79 Å². The number of nitrogens with zero attached hydrogens (tertiary/aromatic N) is 1. The molecule has 2 heterocycles. The molecular formula is C15H17NO3. The lowest BCUT2D eigenvalue weighted by atomic mass is 10.0. The molecule has 0 saturated carbocycles. The molecule has 0 radical (unpaired) electrons. The van der Waals surface area contributed by atoms with Crippen LogP contribution in [0.25, 0.3) is 5.57 Å². The van der Waals surface area contributed by atoms with Crippen LogP contribution >= 0.6 is 0 Å². The number of unbranched alkanes of at least 4 members (excludes halogenated alkanes) is 1. The van der Waals surface area contributed by atoms with Crippen LogP contribution in [-0.4, -0.2) is 26.2 Å². The van der Waals surface area contributed by atoms with Gasteiger partial charge in [-0.2, -0.15) is 0 Å². The molecule has 0 atom stereocenters. The number of hydrogen-bond donors (Lipinski definition) is 0. The molecule has 0 aliphatic carbocycles. The summed E-state index contributed by atoms with van der Waals surface area (Å²) < 4.78 is 16.9. The third-order valence-electron chi connectivity index (χ3n) is 3.22. The molecule has 0 unspecified atom stereocenters. The first kappa shape index (κ1) is 12.1. The Morgan fingerprint density at radius 1 is 1.32 bits per heavy atom. The average Bonchev–Trinajstić information content (AvgIpc) is 3.09. The third kappa shape index (κ3) is 2.30. The molecule has 0 spiro atoms. The van der Waals surface area contributed by atoms with Crippen molar-refractivity contribution < 1.29 is 14.2 Å². The van der Waals surface area contributed by atoms with Gasteiger partial charge in [0.25, 0.3) is 0 Å². The fourth-order valence-electron chi connectivity index (χ4n) is 2.21. The van der Waals surface area contributed by atoms with Gasteiger partial charge in [0.1, 0.15) is 5.75 Å². The topological polar surface area (TPSA) is 40.0 Å². The zero-order chi connectivity index (χ0) is 13.1. The average molecular weight is 259 g/mol. The summed E-state index contributed by atoms with van der Waals surface area (Å²) in [6.07, 6.45) is 5.99. The number of fused-ring (bicyclic) bond motifs is 1. The van der Waals surface area contributed by atoms with Crippen LogP contribution in [0.2, 0.25) is 0 Å². The van der Waals surface area contributed by atoms with Crippen LogP contribution in [0.1, 0.15) is 25.3 Å². The SMILES string of the molecule is CCCCOc1ccc2c(c1C1=CC=NC1)OCO2. The van der Waals surface area contributed by atoms with E-state index in [1.807, 2.05) is 24.4 Å². The van der Waals surface area contributed by atoms with E-state index in [1.54, 1.807) is 0 Å². The maximum Gasteiger partial charge on any atom is 0.231 e. The summed E-state index contributed by atoms with van der Waals surface area (Å²) in [7, 11) is 0. The normalized spacial score (nSPS) is 15.7. The van der Waals surface area contributed by atoms with Crippen LogP contribution in [-0.2, 0) is 0 Å². The molecule has 100 valence electrons. The first-order valence-electron chi connectivity index (χ1n) is 6.65. The van der Waals surface area contributed by atoms with Crippen molar-refractivity contribution >= 4 is 11.8 Å². The first-order valence-corrected chi connectivity index (χ1v) is 6.65. The molecule has 0 aromatic heterocycles. The monoisotopic (exact) mass is 259 g/mol. The summed E-state index contributed by atoms with van der Waals surface area (Å²) in [4.78, 5) is 4.23. The molecule has 19 heavy (non-hydrogen) atoms. The van der Waals surface area contributed by atoms with E-state index >= 15 is 0 Å². The molecule has 0 bridgehead atoms. The number of hydrogen-bond acceptors (Lipinski definition) is 4. The molecular weight excluding hydrogens is 242 g/mol. The van der Waals surface area contributed by atoms with Gasteiger partial charge in [0, 0.05) is 6.21 Å². The van der Waals surface area contributed by atoms with Crippen molar-refractivity contribution in [3.63, 3.8) is 0 Å². The number of rotatable bonds is 5. The smallest absolute Gasteiger partial charge is 0.231 e. The summed E-state index contributed by atoms with van der Waals surface area (Å²) in [6.45, 7) is 3.81. The molecule has 4 heteroatoms. The second-order valence-electron chi connectivity index (χ2n) is 4.56. The third-order valence-corrected chi connectivity index (χ3v) is 3.22. The standard InChI is InChI=1S/C15H17NO3/c1-2-3-8-17-12-4-5-13-15(19-10-18-13)14(12)11-6-7-16-9-11/h4-7H,2-3,8-10H2,1H3. The number of aliphatic imine (C=N–C) groups is 1. The summed E-state index contributed by atoms with van der Waals surface area (Å²) in [6, 6.07) is 3.86. The van der Waals surface area contributed by atoms with E-state index < -0.39 is 0 Å². The molecule has 3 rings (SSSR count). The Bertz CT molecular complexity index is 534. The Kier molecular flexibility index (Phi) is 3.40. The van der Waals surface area contributed by atoms with E-state index in [2.05, 4.69) is 11.9 Å². The number of allylic oxidation sites excluding steroid dienone is 1. The Morgan fingerprint density at radius 2 is 2.26 bits per heavy atom. The van der Waals surface area contributed by atoms with Crippen LogP contribution in [0.5, 0.6) is 17.2 Å². The van der Waals surface area contributed by atoms with Gasteiger partial charge in [-0.15, -0.1) is 0 Å². The lowest BCUT2D eigenvalue weighted by molar-refractivity contribution is 0.173. The summed E-state index contributed by atoms with van der Waals surface area (Å²) in [5, 5.41) is 0. The van der Waals surface area contributed by atoms with Crippen LogP contribution in [0, 0.1) is 0 Å². The molecule has 2 aliphatic rings.